The van der Waals surface area contributed by atoms with Gasteiger partial charge in [-0.2, -0.15) is 0 Å². The van der Waals surface area contributed by atoms with Crippen LogP contribution in [0.3, 0.4) is 0 Å². The molecule has 0 spiro atoms. The van der Waals surface area contributed by atoms with Gasteiger partial charge in [0, 0.05) is 11.4 Å². The number of nitrogens with one attached hydrogen (secondary N) is 1. The molecule has 0 saturated carbocycles. The summed E-state index contributed by atoms with van der Waals surface area (Å²) in [5.41, 5.74) is -0.253. The fourth-order valence-electron chi connectivity index (χ4n) is 2.90. The molecule has 3 rings (SSSR count). The van der Waals surface area contributed by atoms with Crippen LogP contribution < -0.4 is 5.32 Å². The lowest BCUT2D eigenvalue weighted by Gasteiger charge is -2.27. The van der Waals surface area contributed by atoms with E-state index in [0.717, 1.165) is 44.1 Å². The zero-order chi connectivity index (χ0) is 16.2. The van der Waals surface area contributed by atoms with Gasteiger partial charge in [0.1, 0.15) is 11.6 Å². The van der Waals surface area contributed by atoms with Gasteiger partial charge in [0.2, 0.25) is 0 Å². The first kappa shape index (κ1) is 16.1. The Bertz CT molecular complexity index is 669. The third-order valence-electron chi connectivity index (χ3n) is 4.08. The molecule has 1 aromatic carbocycles. The number of halogens is 2. The van der Waals surface area contributed by atoms with Crippen LogP contribution in [0, 0.1) is 11.6 Å². The number of carbonyl (C=O) groups is 1. The molecule has 3 nitrogen and oxygen atoms in total. The summed E-state index contributed by atoms with van der Waals surface area (Å²) in [5.74, 6) is -1.91. The Morgan fingerprint density at radius 3 is 2.74 bits per heavy atom. The summed E-state index contributed by atoms with van der Waals surface area (Å²) >= 11 is 1.64. The largest absolute Gasteiger partial charge is 0.350 e. The van der Waals surface area contributed by atoms with Crippen molar-refractivity contribution < 1.29 is 13.6 Å². The zero-order valence-corrected chi connectivity index (χ0v) is 13.4. The summed E-state index contributed by atoms with van der Waals surface area (Å²) in [7, 11) is 0. The van der Waals surface area contributed by atoms with E-state index >= 15 is 0 Å². The molecule has 1 N–H and O–H groups in total. The smallest absolute Gasteiger partial charge is 0.254 e. The van der Waals surface area contributed by atoms with Crippen molar-refractivity contribution >= 4 is 17.2 Å². The summed E-state index contributed by atoms with van der Waals surface area (Å²) < 4.78 is 26.9. The molecule has 1 unspecified atom stereocenters. The van der Waals surface area contributed by atoms with E-state index in [1.807, 2.05) is 17.5 Å². The Balaban J connectivity index is 1.71. The lowest BCUT2D eigenvalue weighted by molar-refractivity contribution is 0.0934. The van der Waals surface area contributed by atoms with Crippen LogP contribution in [0.1, 0.15) is 34.1 Å². The van der Waals surface area contributed by atoms with E-state index in [0.29, 0.717) is 6.54 Å². The van der Waals surface area contributed by atoms with Crippen LogP contribution in [0.15, 0.2) is 35.7 Å². The molecule has 6 heteroatoms. The number of rotatable bonds is 5. The maximum Gasteiger partial charge on any atom is 0.254 e. The number of benzene rings is 1. The van der Waals surface area contributed by atoms with Crippen LogP contribution in [0.4, 0.5) is 8.78 Å². The van der Waals surface area contributed by atoms with Gasteiger partial charge in [-0.05, 0) is 55.6 Å². The Morgan fingerprint density at radius 1 is 1.26 bits per heavy atom. The highest BCUT2D eigenvalue weighted by Crippen LogP contribution is 2.28. The quantitative estimate of drug-likeness (QED) is 0.905. The van der Waals surface area contributed by atoms with Crippen molar-refractivity contribution in [2.45, 2.75) is 18.9 Å². The molecule has 1 amide bonds. The minimum absolute atomic E-state index is 0.0815. The van der Waals surface area contributed by atoms with Crippen molar-refractivity contribution in [3.05, 3.63) is 57.8 Å². The van der Waals surface area contributed by atoms with Gasteiger partial charge in [-0.3, -0.25) is 9.69 Å². The highest BCUT2D eigenvalue weighted by molar-refractivity contribution is 7.10. The standard InChI is InChI=1S/C17H18F2N2OS/c18-12-5-6-14(19)13(10-12)17(22)20-11-15(16-4-3-9-23-16)21-7-1-2-8-21/h3-6,9-10,15H,1-2,7-8,11H2,(H,20,22). The van der Waals surface area contributed by atoms with E-state index < -0.39 is 17.5 Å². The second-order valence-electron chi connectivity index (χ2n) is 5.61. The number of carbonyl (C=O) groups excluding carboxylic acids is 1. The Hall–Kier alpha value is -1.79. The highest BCUT2D eigenvalue weighted by atomic mass is 32.1. The Kier molecular flexibility index (Phi) is 5.03. The van der Waals surface area contributed by atoms with Gasteiger partial charge in [0.15, 0.2) is 0 Å². The first-order valence-corrected chi connectivity index (χ1v) is 8.54. The van der Waals surface area contributed by atoms with Crippen molar-refractivity contribution in [3.8, 4) is 0 Å². The molecule has 122 valence electrons. The fourth-order valence-corrected chi connectivity index (χ4v) is 3.76. The Morgan fingerprint density at radius 2 is 2.04 bits per heavy atom. The molecule has 2 aromatic rings. The van der Waals surface area contributed by atoms with E-state index in [9.17, 15) is 13.6 Å². The second kappa shape index (κ2) is 7.19. The number of likely N-dealkylation sites (tertiary alicyclic amines) is 1. The van der Waals surface area contributed by atoms with E-state index in [-0.39, 0.29) is 11.6 Å². The average Bonchev–Trinajstić information content (AvgIpc) is 3.23. The molecule has 1 fully saturated rings. The topological polar surface area (TPSA) is 32.3 Å². The molecule has 1 saturated heterocycles. The third-order valence-corrected chi connectivity index (χ3v) is 5.06. The minimum atomic E-state index is -0.710. The summed E-state index contributed by atoms with van der Waals surface area (Å²) in [6.45, 7) is 2.37. The summed E-state index contributed by atoms with van der Waals surface area (Å²) in [6.07, 6.45) is 2.29. The SMILES string of the molecule is O=C(NCC(c1cccs1)N1CCCC1)c1cc(F)ccc1F. The molecule has 2 heterocycles. The predicted octanol–water partition coefficient (Wildman–Crippen LogP) is 3.59. The van der Waals surface area contributed by atoms with Gasteiger partial charge < -0.3 is 5.32 Å². The number of nitrogens with zero attached hydrogens (tertiary/aromatic N) is 1. The predicted molar refractivity (Wildman–Crippen MR) is 86.6 cm³/mol. The maximum absolute atomic E-state index is 13.7. The average molecular weight is 336 g/mol. The van der Waals surface area contributed by atoms with Gasteiger partial charge in [0.05, 0.1) is 11.6 Å². The highest BCUT2D eigenvalue weighted by Gasteiger charge is 2.25. The number of amides is 1. The van der Waals surface area contributed by atoms with Crippen LogP contribution in [0.5, 0.6) is 0 Å². The number of hydrogen-bond donors (Lipinski definition) is 1. The molecular weight excluding hydrogens is 318 g/mol. The van der Waals surface area contributed by atoms with Gasteiger partial charge in [-0.15, -0.1) is 11.3 Å². The van der Waals surface area contributed by atoms with Crippen LogP contribution in [0.2, 0.25) is 0 Å². The molecule has 23 heavy (non-hydrogen) atoms. The van der Waals surface area contributed by atoms with Crippen LogP contribution in [0.25, 0.3) is 0 Å². The normalized spacial score (nSPS) is 16.4. The monoisotopic (exact) mass is 336 g/mol. The molecular formula is C17H18F2N2OS. The third kappa shape index (κ3) is 3.76. The minimum Gasteiger partial charge on any atom is -0.350 e. The first-order valence-electron chi connectivity index (χ1n) is 7.66. The molecule has 0 radical (unpaired) electrons. The van der Waals surface area contributed by atoms with E-state index in [4.69, 9.17) is 0 Å². The van der Waals surface area contributed by atoms with Gasteiger partial charge in [0.25, 0.3) is 5.91 Å². The summed E-state index contributed by atoms with van der Waals surface area (Å²) in [6, 6.07) is 7.02. The summed E-state index contributed by atoms with van der Waals surface area (Å²) in [5, 5.41) is 4.76. The molecule has 0 aliphatic carbocycles. The molecule has 1 aliphatic rings. The van der Waals surface area contributed by atoms with Gasteiger partial charge in [-0.25, -0.2) is 8.78 Å². The van der Waals surface area contributed by atoms with Crippen LogP contribution >= 0.6 is 11.3 Å². The number of hydrogen-bond acceptors (Lipinski definition) is 3. The van der Waals surface area contributed by atoms with Crippen molar-refractivity contribution in [2.75, 3.05) is 19.6 Å². The van der Waals surface area contributed by atoms with E-state index in [2.05, 4.69) is 10.2 Å². The molecule has 1 aromatic heterocycles. The first-order chi connectivity index (χ1) is 11.1. The van der Waals surface area contributed by atoms with E-state index in [1.54, 1.807) is 11.3 Å². The van der Waals surface area contributed by atoms with Crippen molar-refractivity contribution in [2.24, 2.45) is 0 Å². The zero-order valence-electron chi connectivity index (χ0n) is 12.6. The van der Waals surface area contributed by atoms with Gasteiger partial charge >= 0.3 is 0 Å². The second-order valence-corrected chi connectivity index (χ2v) is 6.59. The molecule has 1 atom stereocenters. The number of thiophene rings is 1. The molecule has 1 aliphatic heterocycles. The maximum atomic E-state index is 13.7. The summed E-state index contributed by atoms with van der Waals surface area (Å²) in [4.78, 5) is 15.7. The van der Waals surface area contributed by atoms with E-state index in [1.165, 1.54) is 4.88 Å². The Labute approximate surface area is 137 Å². The molecule has 0 bridgehead atoms. The lowest BCUT2D eigenvalue weighted by Crippen LogP contribution is -2.36. The van der Waals surface area contributed by atoms with Crippen LogP contribution in [-0.4, -0.2) is 30.4 Å². The van der Waals surface area contributed by atoms with Crippen molar-refractivity contribution in [1.82, 2.24) is 10.2 Å². The van der Waals surface area contributed by atoms with Gasteiger partial charge in [-0.1, -0.05) is 6.07 Å². The fraction of sp³-hybridized carbons (Fsp3) is 0.353. The van der Waals surface area contributed by atoms with Crippen LogP contribution in [-0.2, 0) is 0 Å². The van der Waals surface area contributed by atoms with Crippen molar-refractivity contribution in [3.63, 3.8) is 0 Å². The van der Waals surface area contributed by atoms with Crippen molar-refractivity contribution in [1.29, 1.82) is 0 Å². The lowest BCUT2D eigenvalue weighted by atomic mass is 10.1.